The minimum atomic E-state index is -3.57. The molecule has 0 bridgehead atoms. The molecule has 0 saturated heterocycles. The molecule has 1 aromatic carbocycles. The SMILES string of the molecule is CCC(CC)N(C)S(=O)(=O)c1ccccc1C(N)=S. The number of nitrogens with two attached hydrogens (primary N) is 1. The van der Waals surface area contributed by atoms with E-state index in [0.29, 0.717) is 5.56 Å². The molecule has 2 N–H and O–H groups in total. The van der Waals surface area contributed by atoms with E-state index in [0.717, 1.165) is 12.8 Å². The van der Waals surface area contributed by atoms with Crippen molar-refractivity contribution in [3.05, 3.63) is 29.8 Å². The fourth-order valence-corrected chi connectivity index (χ4v) is 4.00. The van der Waals surface area contributed by atoms with Crippen molar-refractivity contribution in [2.24, 2.45) is 5.73 Å². The average molecular weight is 300 g/mol. The average Bonchev–Trinajstić information content (AvgIpc) is 2.39. The van der Waals surface area contributed by atoms with Crippen LogP contribution in [0.25, 0.3) is 0 Å². The van der Waals surface area contributed by atoms with Crippen LogP contribution in [0.3, 0.4) is 0 Å². The van der Waals surface area contributed by atoms with Gasteiger partial charge in [-0.2, -0.15) is 4.31 Å². The molecule has 0 unspecified atom stereocenters. The maximum Gasteiger partial charge on any atom is 0.243 e. The highest BCUT2D eigenvalue weighted by Gasteiger charge is 2.28. The van der Waals surface area contributed by atoms with Gasteiger partial charge in [-0.1, -0.05) is 44.3 Å². The molecular weight excluding hydrogens is 280 g/mol. The van der Waals surface area contributed by atoms with Crippen LogP contribution in [-0.4, -0.2) is 30.8 Å². The molecule has 106 valence electrons. The quantitative estimate of drug-likeness (QED) is 0.818. The first kappa shape index (κ1) is 16.1. The zero-order chi connectivity index (χ0) is 14.6. The van der Waals surface area contributed by atoms with Crippen molar-refractivity contribution in [2.75, 3.05) is 7.05 Å². The lowest BCUT2D eigenvalue weighted by atomic mass is 10.2. The van der Waals surface area contributed by atoms with E-state index in [-0.39, 0.29) is 15.9 Å². The Hall–Kier alpha value is -0.980. The maximum absolute atomic E-state index is 12.6. The summed E-state index contributed by atoms with van der Waals surface area (Å²) < 4.78 is 26.7. The van der Waals surface area contributed by atoms with Crippen molar-refractivity contribution in [3.63, 3.8) is 0 Å². The number of rotatable bonds is 6. The molecule has 0 heterocycles. The van der Waals surface area contributed by atoms with Crippen LogP contribution >= 0.6 is 12.2 Å². The lowest BCUT2D eigenvalue weighted by Gasteiger charge is -2.26. The van der Waals surface area contributed by atoms with Crippen LogP contribution in [0, 0.1) is 0 Å². The fourth-order valence-electron chi connectivity index (χ4n) is 2.05. The Labute approximate surface area is 120 Å². The third kappa shape index (κ3) is 3.32. The number of nitrogens with zero attached hydrogens (tertiary/aromatic N) is 1. The van der Waals surface area contributed by atoms with Gasteiger partial charge in [0.1, 0.15) is 4.99 Å². The molecular formula is C13H20N2O2S2. The molecule has 0 aliphatic heterocycles. The zero-order valence-corrected chi connectivity index (χ0v) is 13.1. The smallest absolute Gasteiger partial charge is 0.243 e. The third-order valence-corrected chi connectivity index (χ3v) is 5.45. The standard InChI is InChI=1S/C13H20N2O2S2/c1-4-10(5-2)15(3)19(16,17)12-9-7-6-8-11(12)13(14)18/h6-10H,4-5H2,1-3H3,(H2,14,18). The highest BCUT2D eigenvalue weighted by molar-refractivity contribution is 7.89. The van der Waals surface area contributed by atoms with E-state index in [1.807, 2.05) is 13.8 Å². The van der Waals surface area contributed by atoms with Gasteiger partial charge in [0.05, 0.1) is 4.90 Å². The van der Waals surface area contributed by atoms with Crippen LogP contribution in [0.2, 0.25) is 0 Å². The highest BCUT2D eigenvalue weighted by atomic mass is 32.2. The predicted molar refractivity (Wildman–Crippen MR) is 81.6 cm³/mol. The summed E-state index contributed by atoms with van der Waals surface area (Å²) in [6.07, 6.45) is 1.53. The molecule has 0 amide bonds. The monoisotopic (exact) mass is 300 g/mol. The van der Waals surface area contributed by atoms with E-state index in [1.54, 1.807) is 31.3 Å². The molecule has 0 atom stereocenters. The van der Waals surface area contributed by atoms with Crippen LogP contribution < -0.4 is 5.73 Å². The molecule has 1 aromatic rings. The van der Waals surface area contributed by atoms with Gasteiger partial charge in [0, 0.05) is 18.7 Å². The maximum atomic E-state index is 12.6. The molecule has 1 rings (SSSR count). The summed E-state index contributed by atoms with van der Waals surface area (Å²) in [5, 5.41) is 0. The molecule has 4 nitrogen and oxygen atoms in total. The normalized spacial score (nSPS) is 12.1. The van der Waals surface area contributed by atoms with Gasteiger partial charge in [0.15, 0.2) is 0 Å². The van der Waals surface area contributed by atoms with Crippen LogP contribution in [0.4, 0.5) is 0 Å². The Balaban J connectivity index is 3.32. The van der Waals surface area contributed by atoms with Gasteiger partial charge >= 0.3 is 0 Å². The van der Waals surface area contributed by atoms with E-state index in [4.69, 9.17) is 18.0 Å². The summed E-state index contributed by atoms with van der Waals surface area (Å²) in [6.45, 7) is 3.94. The second kappa shape index (κ2) is 6.45. The fraction of sp³-hybridized carbons (Fsp3) is 0.462. The number of benzene rings is 1. The van der Waals surface area contributed by atoms with E-state index in [9.17, 15) is 8.42 Å². The molecule has 19 heavy (non-hydrogen) atoms. The van der Waals surface area contributed by atoms with E-state index < -0.39 is 10.0 Å². The van der Waals surface area contributed by atoms with Crippen LogP contribution in [0.5, 0.6) is 0 Å². The summed E-state index contributed by atoms with van der Waals surface area (Å²) in [7, 11) is -1.97. The summed E-state index contributed by atoms with van der Waals surface area (Å²) >= 11 is 4.92. The van der Waals surface area contributed by atoms with Crippen molar-refractivity contribution in [3.8, 4) is 0 Å². The van der Waals surface area contributed by atoms with Gasteiger partial charge in [0.2, 0.25) is 10.0 Å². The first-order valence-corrected chi connectivity index (χ1v) is 8.07. The largest absolute Gasteiger partial charge is 0.389 e. The molecule has 0 aliphatic rings. The van der Waals surface area contributed by atoms with Crippen molar-refractivity contribution >= 4 is 27.2 Å². The first-order chi connectivity index (χ1) is 8.86. The Bertz CT molecular complexity index is 552. The van der Waals surface area contributed by atoms with Crippen molar-refractivity contribution < 1.29 is 8.42 Å². The molecule has 0 fully saturated rings. The van der Waals surface area contributed by atoms with Crippen LogP contribution in [-0.2, 0) is 10.0 Å². The van der Waals surface area contributed by atoms with Gasteiger partial charge in [-0.15, -0.1) is 0 Å². The Morgan fingerprint density at radius 2 is 1.84 bits per heavy atom. The van der Waals surface area contributed by atoms with Crippen molar-refractivity contribution in [1.29, 1.82) is 0 Å². The Morgan fingerprint density at radius 3 is 2.32 bits per heavy atom. The van der Waals surface area contributed by atoms with Gasteiger partial charge < -0.3 is 5.73 Å². The number of hydrogen-bond acceptors (Lipinski definition) is 3. The minimum absolute atomic E-state index is 0.0237. The zero-order valence-electron chi connectivity index (χ0n) is 11.5. The molecule has 0 spiro atoms. The van der Waals surface area contributed by atoms with Crippen molar-refractivity contribution in [2.45, 2.75) is 37.6 Å². The highest BCUT2D eigenvalue weighted by Crippen LogP contribution is 2.22. The Morgan fingerprint density at radius 1 is 1.32 bits per heavy atom. The van der Waals surface area contributed by atoms with Gasteiger partial charge in [-0.25, -0.2) is 8.42 Å². The predicted octanol–water partition coefficient (Wildman–Crippen LogP) is 2.13. The lowest BCUT2D eigenvalue weighted by molar-refractivity contribution is 0.349. The summed E-state index contributed by atoms with van der Waals surface area (Å²) in [5.74, 6) is 0. The van der Waals surface area contributed by atoms with E-state index in [2.05, 4.69) is 0 Å². The number of thiocarbonyl (C=S) groups is 1. The minimum Gasteiger partial charge on any atom is -0.389 e. The first-order valence-electron chi connectivity index (χ1n) is 6.23. The van der Waals surface area contributed by atoms with Gasteiger partial charge in [-0.05, 0) is 18.9 Å². The second-order valence-corrected chi connectivity index (χ2v) is 6.76. The third-order valence-electron chi connectivity index (χ3n) is 3.27. The lowest BCUT2D eigenvalue weighted by Crippen LogP contribution is -2.37. The molecule has 0 saturated carbocycles. The van der Waals surface area contributed by atoms with E-state index in [1.165, 1.54) is 4.31 Å². The second-order valence-electron chi connectivity index (χ2n) is 4.35. The molecule has 0 aromatic heterocycles. The topological polar surface area (TPSA) is 63.4 Å². The molecule has 0 radical (unpaired) electrons. The van der Waals surface area contributed by atoms with Crippen molar-refractivity contribution in [1.82, 2.24) is 4.31 Å². The van der Waals surface area contributed by atoms with Gasteiger partial charge in [0.25, 0.3) is 0 Å². The number of sulfonamides is 1. The molecule has 0 aliphatic carbocycles. The summed E-state index contributed by atoms with van der Waals surface area (Å²) in [6, 6.07) is 6.56. The van der Waals surface area contributed by atoms with E-state index >= 15 is 0 Å². The van der Waals surface area contributed by atoms with Crippen LogP contribution in [0.15, 0.2) is 29.2 Å². The van der Waals surface area contributed by atoms with Gasteiger partial charge in [-0.3, -0.25) is 0 Å². The number of hydrogen-bond donors (Lipinski definition) is 1. The summed E-state index contributed by atoms with van der Waals surface area (Å²) in [4.78, 5) is 0.272. The summed E-state index contributed by atoms with van der Waals surface area (Å²) in [5.41, 5.74) is 6.00. The van der Waals surface area contributed by atoms with Crippen LogP contribution in [0.1, 0.15) is 32.3 Å². The molecule has 6 heteroatoms. The Kier molecular flexibility index (Phi) is 5.46.